The predicted molar refractivity (Wildman–Crippen MR) is 60.6 cm³/mol. The lowest BCUT2D eigenvalue weighted by Gasteiger charge is -2.43. The fourth-order valence-corrected chi connectivity index (χ4v) is 1.30. The first-order chi connectivity index (χ1) is 6.15. The van der Waals surface area contributed by atoms with E-state index in [1.165, 1.54) is 13.1 Å². The largest absolute Gasteiger partial charge is 0.371 e. The minimum absolute atomic E-state index is 0.809. The molecule has 13 heavy (non-hydrogen) atoms. The van der Waals surface area contributed by atoms with Crippen LogP contribution in [-0.4, -0.2) is 18.0 Å². The molecule has 1 fully saturated rings. The topological polar surface area (TPSA) is 3.24 Å². The molecule has 0 amide bonds. The number of hydrogen-bond acceptors (Lipinski definition) is 1. The Labute approximate surface area is 83.1 Å². The molecule has 0 saturated carbocycles. The molecule has 0 aliphatic carbocycles. The molecule has 1 heteroatoms. The minimum atomic E-state index is 0.809. The first kappa shape index (κ1) is 12.3. The number of allylic oxidation sites excluding steroid dienone is 1. The number of rotatable bonds is 3. The second-order valence-corrected chi connectivity index (χ2v) is 3.60. The van der Waals surface area contributed by atoms with Gasteiger partial charge in [0.1, 0.15) is 0 Å². The lowest BCUT2D eigenvalue weighted by molar-refractivity contribution is 0.109. The first-order valence-corrected chi connectivity index (χ1v) is 5.21. The standard InChI is InChI=1S/C10H17N.C2H6/c1-5-9(4)11-6-10(7-11)8(2)3;1-2/h5,8,10H,1,4,6-7H2,2-3H3;1-2H3. The van der Waals surface area contributed by atoms with E-state index in [4.69, 9.17) is 0 Å². The van der Waals surface area contributed by atoms with Gasteiger partial charge in [-0.25, -0.2) is 0 Å². The van der Waals surface area contributed by atoms with E-state index in [-0.39, 0.29) is 0 Å². The van der Waals surface area contributed by atoms with Crippen LogP contribution >= 0.6 is 0 Å². The highest BCUT2D eigenvalue weighted by Crippen LogP contribution is 2.26. The smallest absolute Gasteiger partial charge is 0.0287 e. The maximum atomic E-state index is 3.90. The Hall–Kier alpha value is -0.720. The van der Waals surface area contributed by atoms with Crippen molar-refractivity contribution in [2.24, 2.45) is 11.8 Å². The maximum Gasteiger partial charge on any atom is 0.0287 e. The summed E-state index contributed by atoms with van der Waals surface area (Å²) < 4.78 is 0. The summed E-state index contributed by atoms with van der Waals surface area (Å²) in [4.78, 5) is 2.28. The molecule has 1 aliphatic heterocycles. The van der Waals surface area contributed by atoms with E-state index in [0.717, 1.165) is 17.5 Å². The molecule has 0 N–H and O–H groups in total. The van der Waals surface area contributed by atoms with Gasteiger partial charge < -0.3 is 4.90 Å². The van der Waals surface area contributed by atoms with Crippen LogP contribution in [0.1, 0.15) is 27.7 Å². The van der Waals surface area contributed by atoms with Gasteiger partial charge in [-0.15, -0.1) is 0 Å². The monoisotopic (exact) mass is 181 g/mol. The van der Waals surface area contributed by atoms with Crippen molar-refractivity contribution in [3.8, 4) is 0 Å². The summed E-state index contributed by atoms with van der Waals surface area (Å²) in [5, 5.41) is 0. The molecule has 0 aromatic carbocycles. The SMILES string of the molecule is C=CC(=C)N1CC(C(C)C)C1.CC. The third-order valence-electron chi connectivity index (χ3n) is 2.49. The fraction of sp³-hybridized carbons (Fsp3) is 0.667. The van der Waals surface area contributed by atoms with E-state index < -0.39 is 0 Å². The fourth-order valence-electron chi connectivity index (χ4n) is 1.30. The van der Waals surface area contributed by atoms with Gasteiger partial charge in [0.2, 0.25) is 0 Å². The van der Waals surface area contributed by atoms with Crippen molar-refractivity contribution in [3.63, 3.8) is 0 Å². The van der Waals surface area contributed by atoms with Crippen LogP contribution in [0.4, 0.5) is 0 Å². The third-order valence-corrected chi connectivity index (χ3v) is 2.49. The summed E-state index contributed by atoms with van der Waals surface area (Å²) in [6, 6.07) is 0. The van der Waals surface area contributed by atoms with Gasteiger partial charge in [0, 0.05) is 18.8 Å². The van der Waals surface area contributed by atoms with Crippen molar-refractivity contribution in [2.45, 2.75) is 27.7 Å². The highest BCUT2D eigenvalue weighted by atomic mass is 15.2. The molecule has 1 nitrogen and oxygen atoms in total. The normalized spacial score (nSPS) is 15.9. The summed E-state index contributed by atoms with van der Waals surface area (Å²) >= 11 is 0. The number of hydrogen-bond donors (Lipinski definition) is 0. The maximum absolute atomic E-state index is 3.90. The Morgan fingerprint density at radius 2 is 1.85 bits per heavy atom. The molecule has 76 valence electrons. The summed E-state index contributed by atoms with van der Waals surface area (Å²) in [5.41, 5.74) is 1.07. The highest BCUT2D eigenvalue weighted by Gasteiger charge is 2.28. The van der Waals surface area contributed by atoms with Crippen molar-refractivity contribution in [2.75, 3.05) is 13.1 Å². The summed E-state index contributed by atoms with van der Waals surface area (Å²) in [7, 11) is 0. The van der Waals surface area contributed by atoms with Gasteiger partial charge in [-0.3, -0.25) is 0 Å². The Kier molecular flexibility index (Phi) is 5.52. The number of nitrogens with zero attached hydrogens (tertiary/aromatic N) is 1. The minimum Gasteiger partial charge on any atom is -0.371 e. The second-order valence-electron chi connectivity index (χ2n) is 3.60. The van der Waals surface area contributed by atoms with Crippen LogP contribution in [0.15, 0.2) is 24.9 Å². The predicted octanol–water partition coefficient (Wildman–Crippen LogP) is 3.30. The molecule has 1 aliphatic rings. The van der Waals surface area contributed by atoms with Crippen LogP contribution in [0.5, 0.6) is 0 Å². The van der Waals surface area contributed by atoms with Crippen molar-refractivity contribution in [1.82, 2.24) is 4.90 Å². The Bertz CT molecular complexity index is 164. The van der Waals surface area contributed by atoms with Crippen LogP contribution in [0, 0.1) is 11.8 Å². The Morgan fingerprint density at radius 3 is 2.15 bits per heavy atom. The Morgan fingerprint density at radius 1 is 1.38 bits per heavy atom. The molecule has 1 saturated heterocycles. The van der Waals surface area contributed by atoms with Gasteiger partial charge in [0.05, 0.1) is 0 Å². The second kappa shape index (κ2) is 5.85. The summed E-state index contributed by atoms with van der Waals surface area (Å²) in [6.45, 7) is 18.5. The van der Waals surface area contributed by atoms with Gasteiger partial charge in [-0.05, 0) is 17.9 Å². The van der Waals surface area contributed by atoms with Crippen LogP contribution < -0.4 is 0 Å². The quantitative estimate of drug-likeness (QED) is 0.604. The van der Waals surface area contributed by atoms with Crippen LogP contribution in [0.3, 0.4) is 0 Å². The van der Waals surface area contributed by atoms with Crippen molar-refractivity contribution < 1.29 is 0 Å². The molecule has 1 heterocycles. The molecule has 0 spiro atoms. The van der Waals surface area contributed by atoms with E-state index in [9.17, 15) is 0 Å². The molecule has 0 bridgehead atoms. The number of likely N-dealkylation sites (tertiary alicyclic amines) is 1. The van der Waals surface area contributed by atoms with E-state index in [1.807, 2.05) is 19.9 Å². The molecule has 0 aromatic heterocycles. The van der Waals surface area contributed by atoms with Gasteiger partial charge in [-0.2, -0.15) is 0 Å². The van der Waals surface area contributed by atoms with E-state index >= 15 is 0 Å². The highest BCUT2D eigenvalue weighted by molar-refractivity contribution is 5.13. The molecule has 0 aromatic rings. The molecular formula is C12H23N. The molecule has 1 rings (SSSR count). The van der Waals surface area contributed by atoms with Crippen molar-refractivity contribution in [1.29, 1.82) is 0 Å². The zero-order chi connectivity index (χ0) is 10.4. The van der Waals surface area contributed by atoms with Gasteiger partial charge >= 0.3 is 0 Å². The van der Waals surface area contributed by atoms with E-state index in [0.29, 0.717) is 0 Å². The lowest BCUT2D eigenvalue weighted by Crippen LogP contribution is -2.47. The van der Waals surface area contributed by atoms with E-state index in [1.54, 1.807) is 0 Å². The Balaban J connectivity index is 0.000000671. The lowest BCUT2D eigenvalue weighted by atomic mass is 9.88. The summed E-state index contributed by atoms with van der Waals surface area (Å²) in [5.74, 6) is 1.68. The molecule has 0 unspecified atom stereocenters. The molecular weight excluding hydrogens is 158 g/mol. The van der Waals surface area contributed by atoms with Gasteiger partial charge in [-0.1, -0.05) is 40.9 Å². The zero-order valence-corrected chi connectivity index (χ0v) is 9.51. The van der Waals surface area contributed by atoms with Crippen molar-refractivity contribution >= 4 is 0 Å². The average molecular weight is 181 g/mol. The average Bonchev–Trinajstić information content (AvgIpc) is 2.04. The summed E-state index contributed by atoms with van der Waals surface area (Å²) in [6.07, 6.45) is 1.83. The van der Waals surface area contributed by atoms with Crippen molar-refractivity contribution in [3.05, 3.63) is 24.9 Å². The molecule has 0 atom stereocenters. The molecule has 0 radical (unpaired) electrons. The van der Waals surface area contributed by atoms with Crippen LogP contribution in [0.2, 0.25) is 0 Å². The van der Waals surface area contributed by atoms with Gasteiger partial charge in [0.25, 0.3) is 0 Å². The third kappa shape index (κ3) is 3.25. The van der Waals surface area contributed by atoms with Crippen LogP contribution in [0.25, 0.3) is 0 Å². The zero-order valence-electron chi connectivity index (χ0n) is 9.51. The van der Waals surface area contributed by atoms with Crippen LogP contribution in [-0.2, 0) is 0 Å². The first-order valence-electron chi connectivity index (χ1n) is 5.21. The van der Waals surface area contributed by atoms with Gasteiger partial charge in [0.15, 0.2) is 0 Å². The van der Waals surface area contributed by atoms with E-state index in [2.05, 4.69) is 31.9 Å².